The summed E-state index contributed by atoms with van der Waals surface area (Å²) in [5.41, 5.74) is 0.172. The van der Waals surface area contributed by atoms with Crippen molar-refractivity contribution in [3.8, 4) is 0 Å². The Labute approximate surface area is 83.8 Å². The number of Topliss-reactive ketones (excluding diaryl/α,β-unsaturated/α-hetero) is 1. The molecule has 0 aromatic rings. The molecule has 14 heavy (non-hydrogen) atoms. The molecule has 3 rings (SSSR count). The third-order valence-corrected chi connectivity index (χ3v) is 4.16. The first-order valence-electron chi connectivity index (χ1n) is 5.50. The Hall–Kier alpha value is -0.410. The van der Waals surface area contributed by atoms with E-state index in [2.05, 4.69) is 0 Å². The van der Waals surface area contributed by atoms with E-state index in [4.69, 9.17) is 9.47 Å². The van der Waals surface area contributed by atoms with Crippen molar-refractivity contribution in [3.05, 3.63) is 0 Å². The van der Waals surface area contributed by atoms with Gasteiger partial charge in [-0.15, -0.1) is 0 Å². The van der Waals surface area contributed by atoms with Crippen LogP contribution in [0.1, 0.15) is 39.0 Å². The fraction of sp³-hybridized carbons (Fsp3) is 0.909. The van der Waals surface area contributed by atoms with Gasteiger partial charge in [-0.2, -0.15) is 0 Å². The van der Waals surface area contributed by atoms with E-state index in [1.165, 1.54) is 25.7 Å². The summed E-state index contributed by atoms with van der Waals surface area (Å²) in [5.74, 6) is -0.773. The summed E-state index contributed by atoms with van der Waals surface area (Å²) in [4.78, 5) is 11.7. The van der Waals surface area contributed by atoms with E-state index in [0.717, 1.165) is 6.61 Å². The molecule has 78 valence electrons. The molecule has 0 unspecified atom stereocenters. The van der Waals surface area contributed by atoms with Crippen LogP contribution in [0.5, 0.6) is 0 Å². The van der Waals surface area contributed by atoms with Crippen LogP contribution in [-0.2, 0) is 14.3 Å². The zero-order chi connectivity index (χ0) is 9.81. The van der Waals surface area contributed by atoms with E-state index in [9.17, 15) is 4.79 Å². The predicted molar refractivity (Wildman–Crippen MR) is 49.8 cm³/mol. The molecule has 0 aromatic heterocycles. The lowest BCUT2D eigenvalue weighted by Crippen LogP contribution is -2.48. The Morgan fingerprint density at radius 2 is 2.07 bits per heavy atom. The molecule has 1 spiro atoms. The molecule has 1 aliphatic carbocycles. The van der Waals surface area contributed by atoms with Crippen molar-refractivity contribution in [2.75, 3.05) is 6.61 Å². The van der Waals surface area contributed by atoms with Gasteiger partial charge in [-0.25, -0.2) is 0 Å². The molecule has 0 radical (unpaired) electrons. The minimum Gasteiger partial charge on any atom is -0.343 e. The van der Waals surface area contributed by atoms with Gasteiger partial charge < -0.3 is 9.47 Å². The quantitative estimate of drug-likeness (QED) is 0.591. The highest BCUT2D eigenvalue weighted by Crippen LogP contribution is 2.52. The summed E-state index contributed by atoms with van der Waals surface area (Å²) in [5, 5.41) is 0. The first-order chi connectivity index (χ1) is 6.65. The molecule has 2 heterocycles. The van der Waals surface area contributed by atoms with Crippen LogP contribution in [-0.4, -0.2) is 24.3 Å². The SMILES string of the molecule is C[C@@]12OCC3(CCCC3)[C@@H](CC1=O)O2. The summed E-state index contributed by atoms with van der Waals surface area (Å²) >= 11 is 0. The summed E-state index contributed by atoms with van der Waals surface area (Å²) in [6.07, 6.45) is 5.55. The normalized spacial score (nSPS) is 44.9. The Kier molecular flexibility index (Phi) is 1.63. The van der Waals surface area contributed by atoms with Gasteiger partial charge in [0.25, 0.3) is 0 Å². The highest BCUT2D eigenvalue weighted by Gasteiger charge is 2.58. The number of ketones is 1. The maximum absolute atomic E-state index is 11.7. The fourth-order valence-electron chi connectivity index (χ4n) is 3.11. The first kappa shape index (κ1) is 8.86. The molecule has 2 aliphatic heterocycles. The van der Waals surface area contributed by atoms with Gasteiger partial charge in [-0.3, -0.25) is 4.79 Å². The molecular formula is C11H16O3. The van der Waals surface area contributed by atoms with E-state index in [-0.39, 0.29) is 17.3 Å². The third kappa shape index (κ3) is 0.971. The van der Waals surface area contributed by atoms with Crippen molar-refractivity contribution < 1.29 is 14.3 Å². The van der Waals surface area contributed by atoms with E-state index < -0.39 is 5.79 Å². The van der Waals surface area contributed by atoms with Crippen LogP contribution in [0.15, 0.2) is 0 Å². The lowest BCUT2D eigenvalue weighted by atomic mass is 9.80. The maximum Gasteiger partial charge on any atom is 0.226 e. The van der Waals surface area contributed by atoms with Gasteiger partial charge in [0, 0.05) is 11.8 Å². The second kappa shape index (κ2) is 2.58. The van der Waals surface area contributed by atoms with Crippen molar-refractivity contribution in [2.24, 2.45) is 5.41 Å². The lowest BCUT2D eigenvalue weighted by Gasteiger charge is -2.41. The van der Waals surface area contributed by atoms with E-state index in [1.54, 1.807) is 6.92 Å². The Balaban J connectivity index is 1.91. The summed E-state index contributed by atoms with van der Waals surface area (Å²) in [7, 11) is 0. The molecule has 3 fully saturated rings. The summed E-state index contributed by atoms with van der Waals surface area (Å²) < 4.78 is 11.4. The Morgan fingerprint density at radius 1 is 1.36 bits per heavy atom. The number of fused-ring (bicyclic) bond motifs is 3. The highest BCUT2D eigenvalue weighted by molar-refractivity contribution is 5.88. The number of ether oxygens (including phenoxy) is 2. The molecule has 3 aliphatic rings. The predicted octanol–water partition coefficient (Wildman–Crippen LogP) is 1.65. The zero-order valence-corrected chi connectivity index (χ0v) is 8.54. The number of carbonyl (C=O) groups excluding carboxylic acids is 1. The molecule has 2 saturated heterocycles. The van der Waals surface area contributed by atoms with Gasteiger partial charge in [0.05, 0.1) is 12.7 Å². The standard InChI is InChI=1S/C11H16O3/c1-10-8(12)6-9(14-10)11(7-13-10)4-2-3-5-11/h9H,2-7H2,1H3/t9-,10+/m1/s1. The van der Waals surface area contributed by atoms with Crippen molar-refractivity contribution in [1.29, 1.82) is 0 Å². The number of rotatable bonds is 0. The number of hydrogen-bond donors (Lipinski definition) is 0. The van der Waals surface area contributed by atoms with Crippen LogP contribution in [0.2, 0.25) is 0 Å². The van der Waals surface area contributed by atoms with Crippen LogP contribution in [0.3, 0.4) is 0 Å². The highest BCUT2D eigenvalue weighted by atomic mass is 16.7. The molecular weight excluding hydrogens is 180 g/mol. The van der Waals surface area contributed by atoms with E-state index >= 15 is 0 Å². The molecule has 3 nitrogen and oxygen atoms in total. The molecule has 3 heteroatoms. The average Bonchev–Trinajstić information content (AvgIpc) is 2.69. The average molecular weight is 196 g/mol. The van der Waals surface area contributed by atoms with Gasteiger partial charge in [0.15, 0.2) is 5.78 Å². The number of hydrogen-bond acceptors (Lipinski definition) is 3. The first-order valence-corrected chi connectivity index (χ1v) is 5.50. The van der Waals surface area contributed by atoms with Crippen molar-refractivity contribution >= 4 is 5.78 Å². The van der Waals surface area contributed by atoms with E-state index in [0.29, 0.717) is 6.42 Å². The largest absolute Gasteiger partial charge is 0.343 e. The molecule has 2 atom stereocenters. The zero-order valence-electron chi connectivity index (χ0n) is 8.54. The molecule has 1 saturated carbocycles. The lowest BCUT2D eigenvalue weighted by molar-refractivity contribution is -0.280. The number of carbonyl (C=O) groups is 1. The van der Waals surface area contributed by atoms with Crippen LogP contribution < -0.4 is 0 Å². The van der Waals surface area contributed by atoms with Crippen LogP contribution >= 0.6 is 0 Å². The van der Waals surface area contributed by atoms with Crippen LogP contribution in [0, 0.1) is 5.41 Å². The minimum absolute atomic E-state index is 0.131. The smallest absolute Gasteiger partial charge is 0.226 e. The summed E-state index contributed by atoms with van der Waals surface area (Å²) in [6.45, 7) is 2.48. The van der Waals surface area contributed by atoms with Gasteiger partial charge in [-0.05, 0) is 19.8 Å². The van der Waals surface area contributed by atoms with Crippen molar-refractivity contribution in [2.45, 2.75) is 50.9 Å². The van der Waals surface area contributed by atoms with Crippen LogP contribution in [0.4, 0.5) is 0 Å². The fourth-order valence-corrected chi connectivity index (χ4v) is 3.11. The summed E-state index contributed by atoms with van der Waals surface area (Å²) in [6, 6.07) is 0. The Morgan fingerprint density at radius 3 is 2.79 bits per heavy atom. The van der Waals surface area contributed by atoms with Gasteiger partial charge >= 0.3 is 0 Å². The van der Waals surface area contributed by atoms with Gasteiger partial charge in [0.1, 0.15) is 0 Å². The molecule has 2 bridgehead atoms. The monoisotopic (exact) mass is 196 g/mol. The second-order valence-corrected chi connectivity index (χ2v) is 5.04. The van der Waals surface area contributed by atoms with Crippen LogP contribution in [0.25, 0.3) is 0 Å². The molecule has 0 amide bonds. The van der Waals surface area contributed by atoms with E-state index in [1.807, 2.05) is 0 Å². The van der Waals surface area contributed by atoms with Gasteiger partial charge in [-0.1, -0.05) is 12.8 Å². The Bertz CT molecular complexity index is 280. The van der Waals surface area contributed by atoms with Crippen molar-refractivity contribution in [3.63, 3.8) is 0 Å². The second-order valence-electron chi connectivity index (χ2n) is 5.04. The minimum atomic E-state index is -0.904. The van der Waals surface area contributed by atoms with Crippen molar-refractivity contribution in [1.82, 2.24) is 0 Å². The maximum atomic E-state index is 11.7. The topological polar surface area (TPSA) is 35.5 Å². The molecule has 0 aromatic carbocycles. The molecule has 0 N–H and O–H groups in total. The van der Waals surface area contributed by atoms with Gasteiger partial charge in [0.2, 0.25) is 5.79 Å². The third-order valence-electron chi connectivity index (χ3n) is 4.16.